The third-order valence-electron chi connectivity index (χ3n) is 2.66. The Bertz CT molecular complexity index is 505. The first kappa shape index (κ1) is 11.5. The maximum atomic E-state index is 6.06. The molecule has 1 aromatic carbocycles. The van der Waals surface area contributed by atoms with Crippen LogP contribution in [0.25, 0.3) is 11.3 Å². The lowest BCUT2D eigenvalue weighted by atomic mass is 10.1. The minimum absolute atomic E-state index is 0.630. The average Bonchev–Trinajstić information content (AvgIpc) is 2.72. The van der Waals surface area contributed by atoms with Crippen molar-refractivity contribution in [1.82, 2.24) is 9.55 Å². The fourth-order valence-corrected chi connectivity index (χ4v) is 1.79. The van der Waals surface area contributed by atoms with E-state index < -0.39 is 0 Å². The molecule has 2 N–H and O–H groups in total. The maximum Gasteiger partial charge on any atom is 0.131 e. The van der Waals surface area contributed by atoms with E-state index in [0.717, 1.165) is 23.6 Å². The van der Waals surface area contributed by atoms with Gasteiger partial charge in [0.2, 0.25) is 0 Å². The third-order valence-corrected chi connectivity index (χ3v) is 2.66. The first-order chi connectivity index (χ1) is 8.27. The number of nitrogens with zero attached hydrogens (tertiary/aromatic N) is 2. The Morgan fingerprint density at radius 1 is 1.29 bits per heavy atom. The molecule has 0 unspecified atom stereocenters. The number of ether oxygens (including phenoxy) is 1. The van der Waals surface area contributed by atoms with Crippen molar-refractivity contribution in [2.75, 3.05) is 12.3 Å². The van der Waals surface area contributed by atoms with Gasteiger partial charge < -0.3 is 15.0 Å². The number of benzene rings is 1. The van der Waals surface area contributed by atoms with Crippen molar-refractivity contribution in [1.29, 1.82) is 0 Å². The molecule has 2 aromatic rings. The topological polar surface area (TPSA) is 53.1 Å². The molecule has 0 aliphatic rings. The predicted molar refractivity (Wildman–Crippen MR) is 68.9 cm³/mol. The molecule has 0 radical (unpaired) electrons. The molecule has 17 heavy (non-hydrogen) atoms. The van der Waals surface area contributed by atoms with Crippen molar-refractivity contribution in [3.05, 3.63) is 30.6 Å². The van der Waals surface area contributed by atoms with Gasteiger partial charge in [0.1, 0.15) is 17.3 Å². The van der Waals surface area contributed by atoms with Crippen LogP contribution in [-0.2, 0) is 6.54 Å². The van der Waals surface area contributed by atoms with E-state index in [1.807, 2.05) is 42.7 Å². The Morgan fingerprint density at radius 2 is 2.06 bits per heavy atom. The number of nitrogens with two attached hydrogens (primary N) is 1. The van der Waals surface area contributed by atoms with Gasteiger partial charge in [0.25, 0.3) is 0 Å². The Hall–Kier alpha value is -1.97. The van der Waals surface area contributed by atoms with Crippen molar-refractivity contribution in [2.24, 2.45) is 0 Å². The molecule has 4 nitrogen and oxygen atoms in total. The Morgan fingerprint density at radius 3 is 2.71 bits per heavy atom. The zero-order valence-corrected chi connectivity index (χ0v) is 10.2. The lowest BCUT2D eigenvalue weighted by Gasteiger charge is -2.09. The lowest BCUT2D eigenvalue weighted by Crippen LogP contribution is -2.00. The molecule has 4 heteroatoms. The van der Waals surface area contributed by atoms with E-state index >= 15 is 0 Å². The number of imidazole rings is 1. The van der Waals surface area contributed by atoms with Crippen molar-refractivity contribution in [2.45, 2.75) is 20.4 Å². The zero-order chi connectivity index (χ0) is 12.3. The summed E-state index contributed by atoms with van der Waals surface area (Å²) >= 11 is 0. The minimum atomic E-state index is 0.630. The highest BCUT2D eigenvalue weighted by atomic mass is 16.5. The van der Waals surface area contributed by atoms with Gasteiger partial charge in [-0.05, 0) is 26.0 Å². The monoisotopic (exact) mass is 231 g/mol. The van der Waals surface area contributed by atoms with E-state index in [-0.39, 0.29) is 0 Å². The summed E-state index contributed by atoms with van der Waals surface area (Å²) in [5.41, 5.74) is 7.79. The van der Waals surface area contributed by atoms with E-state index in [0.29, 0.717) is 12.4 Å². The largest absolute Gasteiger partial charge is 0.493 e. The Labute approximate surface area is 101 Å². The van der Waals surface area contributed by atoms with E-state index in [4.69, 9.17) is 10.5 Å². The van der Waals surface area contributed by atoms with E-state index in [1.165, 1.54) is 0 Å². The normalized spacial score (nSPS) is 10.5. The quantitative estimate of drug-likeness (QED) is 0.879. The number of hydrogen-bond acceptors (Lipinski definition) is 3. The van der Waals surface area contributed by atoms with Gasteiger partial charge >= 0.3 is 0 Å². The van der Waals surface area contributed by atoms with Crippen LogP contribution >= 0.6 is 0 Å². The van der Waals surface area contributed by atoms with E-state index in [1.54, 1.807) is 6.33 Å². The smallest absolute Gasteiger partial charge is 0.131 e. The minimum Gasteiger partial charge on any atom is -0.493 e. The number of hydrogen-bond donors (Lipinski definition) is 1. The van der Waals surface area contributed by atoms with Gasteiger partial charge in [-0.1, -0.05) is 12.1 Å². The molecule has 1 heterocycles. The van der Waals surface area contributed by atoms with Crippen molar-refractivity contribution in [3.63, 3.8) is 0 Å². The molecular formula is C13H17N3O. The predicted octanol–water partition coefficient (Wildman–Crippen LogP) is 2.55. The molecule has 0 aliphatic carbocycles. The van der Waals surface area contributed by atoms with Gasteiger partial charge in [-0.3, -0.25) is 0 Å². The number of aromatic nitrogens is 2. The van der Waals surface area contributed by atoms with Crippen LogP contribution in [0.1, 0.15) is 13.8 Å². The zero-order valence-electron chi connectivity index (χ0n) is 10.2. The summed E-state index contributed by atoms with van der Waals surface area (Å²) in [6.45, 7) is 5.45. The third kappa shape index (κ3) is 2.11. The fourth-order valence-electron chi connectivity index (χ4n) is 1.79. The number of nitrogen functional groups attached to an aromatic ring is 1. The first-order valence-electron chi connectivity index (χ1n) is 5.80. The second kappa shape index (κ2) is 4.91. The molecule has 1 aromatic heterocycles. The molecule has 0 bridgehead atoms. The van der Waals surface area contributed by atoms with E-state index in [2.05, 4.69) is 4.98 Å². The number of rotatable bonds is 4. The number of para-hydroxylation sites is 1. The maximum absolute atomic E-state index is 6.06. The van der Waals surface area contributed by atoms with Gasteiger partial charge in [-0.25, -0.2) is 4.98 Å². The van der Waals surface area contributed by atoms with Crippen LogP contribution in [0.15, 0.2) is 30.6 Å². The first-order valence-corrected chi connectivity index (χ1v) is 5.80. The molecule has 0 amide bonds. The molecular weight excluding hydrogens is 214 g/mol. The van der Waals surface area contributed by atoms with Crippen molar-refractivity contribution >= 4 is 5.82 Å². The van der Waals surface area contributed by atoms with Gasteiger partial charge in [0.05, 0.1) is 12.9 Å². The van der Waals surface area contributed by atoms with Crippen LogP contribution in [0.5, 0.6) is 5.75 Å². The van der Waals surface area contributed by atoms with Crippen LogP contribution < -0.4 is 10.5 Å². The lowest BCUT2D eigenvalue weighted by molar-refractivity contribution is 0.341. The van der Waals surface area contributed by atoms with Gasteiger partial charge in [0, 0.05) is 12.1 Å². The second-order valence-corrected chi connectivity index (χ2v) is 3.69. The van der Waals surface area contributed by atoms with Crippen LogP contribution in [-0.4, -0.2) is 16.2 Å². The van der Waals surface area contributed by atoms with Crippen LogP contribution in [0.3, 0.4) is 0 Å². The highest BCUT2D eigenvalue weighted by molar-refractivity contribution is 5.75. The molecule has 0 saturated carbocycles. The summed E-state index contributed by atoms with van der Waals surface area (Å²) in [6, 6.07) is 7.82. The van der Waals surface area contributed by atoms with Gasteiger partial charge in [-0.2, -0.15) is 0 Å². The van der Waals surface area contributed by atoms with Crippen molar-refractivity contribution < 1.29 is 4.74 Å². The number of anilines is 1. The Kier molecular flexibility index (Phi) is 3.32. The summed E-state index contributed by atoms with van der Waals surface area (Å²) < 4.78 is 7.50. The van der Waals surface area contributed by atoms with Gasteiger partial charge in [0.15, 0.2) is 0 Å². The molecule has 0 saturated heterocycles. The Balaban J connectivity index is 2.48. The highest BCUT2D eigenvalue weighted by Crippen LogP contribution is 2.32. The van der Waals surface area contributed by atoms with Crippen LogP contribution in [0.4, 0.5) is 5.82 Å². The molecule has 90 valence electrons. The van der Waals surface area contributed by atoms with Gasteiger partial charge in [-0.15, -0.1) is 0 Å². The summed E-state index contributed by atoms with van der Waals surface area (Å²) in [4.78, 5) is 4.36. The molecule has 0 spiro atoms. The average molecular weight is 231 g/mol. The molecule has 0 fully saturated rings. The highest BCUT2D eigenvalue weighted by Gasteiger charge is 2.13. The molecule has 2 rings (SSSR count). The van der Waals surface area contributed by atoms with Crippen molar-refractivity contribution in [3.8, 4) is 17.0 Å². The second-order valence-electron chi connectivity index (χ2n) is 3.69. The summed E-state index contributed by atoms with van der Waals surface area (Å²) in [5, 5.41) is 0. The van der Waals surface area contributed by atoms with Crippen LogP contribution in [0.2, 0.25) is 0 Å². The van der Waals surface area contributed by atoms with Crippen LogP contribution in [0, 0.1) is 0 Å². The van der Waals surface area contributed by atoms with E-state index in [9.17, 15) is 0 Å². The number of aryl methyl sites for hydroxylation is 1. The molecule has 0 aliphatic heterocycles. The summed E-state index contributed by atoms with van der Waals surface area (Å²) in [6.07, 6.45) is 1.76. The summed E-state index contributed by atoms with van der Waals surface area (Å²) in [5.74, 6) is 1.50. The SMILES string of the molecule is CCOc1ccccc1-c1ncn(CC)c1N. The fraction of sp³-hybridized carbons (Fsp3) is 0.308. The summed E-state index contributed by atoms with van der Waals surface area (Å²) in [7, 11) is 0. The molecule has 0 atom stereocenters. The standard InChI is InChI=1S/C13H17N3O/c1-3-16-9-15-12(13(16)14)10-7-5-6-8-11(10)17-4-2/h5-9H,3-4,14H2,1-2H3.